The number of imide groups is 1. The summed E-state index contributed by atoms with van der Waals surface area (Å²) in [4.78, 5) is 39.5. The molecular weight excluding hydrogens is 466 g/mol. The summed E-state index contributed by atoms with van der Waals surface area (Å²) in [6.07, 6.45) is 1.63. The lowest BCUT2D eigenvalue weighted by Crippen LogP contribution is -2.27. The summed E-state index contributed by atoms with van der Waals surface area (Å²) in [7, 11) is 3.00. The molecule has 0 N–H and O–H groups in total. The number of nitrogens with zero attached hydrogens (tertiary/aromatic N) is 1. The molecule has 2 amide bonds. The third-order valence-electron chi connectivity index (χ3n) is 5.48. The van der Waals surface area contributed by atoms with Crippen molar-refractivity contribution in [3.8, 4) is 17.2 Å². The number of benzene rings is 3. The van der Waals surface area contributed by atoms with Crippen LogP contribution in [0.2, 0.25) is 0 Å². The van der Waals surface area contributed by atoms with Gasteiger partial charge in [0.15, 0.2) is 11.5 Å². The standard InChI is InChI=1S/C27H23NO6S/c1-17-6-4-5-7-20(17)16-28-25(29)24(35-27(28)31)15-18-8-13-22(23(14-18)33-3)34-26(30)19-9-11-21(32-2)12-10-19/h4-15H,16H2,1-3H3/b24-15-. The van der Waals surface area contributed by atoms with Gasteiger partial charge in [0.1, 0.15) is 5.75 Å². The summed E-state index contributed by atoms with van der Waals surface area (Å²) in [5.74, 6) is 0.290. The molecule has 3 aromatic carbocycles. The number of hydrogen-bond donors (Lipinski definition) is 0. The van der Waals surface area contributed by atoms with E-state index in [2.05, 4.69) is 0 Å². The van der Waals surface area contributed by atoms with Crippen LogP contribution in [0.3, 0.4) is 0 Å². The predicted octanol–water partition coefficient (Wildman–Crippen LogP) is 5.47. The normalized spacial score (nSPS) is 14.4. The van der Waals surface area contributed by atoms with Crippen molar-refractivity contribution < 1.29 is 28.6 Å². The van der Waals surface area contributed by atoms with Gasteiger partial charge in [0, 0.05) is 0 Å². The number of carbonyl (C=O) groups excluding carboxylic acids is 3. The molecule has 4 rings (SSSR count). The van der Waals surface area contributed by atoms with Gasteiger partial charge in [-0.05, 0) is 77.9 Å². The maximum atomic E-state index is 12.9. The van der Waals surface area contributed by atoms with E-state index >= 15 is 0 Å². The van der Waals surface area contributed by atoms with Gasteiger partial charge in [-0.3, -0.25) is 14.5 Å². The van der Waals surface area contributed by atoms with Gasteiger partial charge in [0.2, 0.25) is 0 Å². The van der Waals surface area contributed by atoms with Gasteiger partial charge in [-0.15, -0.1) is 0 Å². The van der Waals surface area contributed by atoms with Crippen LogP contribution in [0.1, 0.15) is 27.0 Å². The highest BCUT2D eigenvalue weighted by Gasteiger charge is 2.35. The average Bonchev–Trinajstić information content (AvgIpc) is 3.13. The summed E-state index contributed by atoms with van der Waals surface area (Å²) in [5, 5.41) is -0.318. The maximum Gasteiger partial charge on any atom is 0.343 e. The fourth-order valence-corrected chi connectivity index (χ4v) is 4.33. The molecule has 3 aromatic rings. The maximum absolute atomic E-state index is 12.9. The lowest BCUT2D eigenvalue weighted by atomic mass is 10.1. The Balaban J connectivity index is 1.51. The summed E-state index contributed by atoms with van der Waals surface area (Å²) in [6, 6.07) is 19.1. The molecule has 0 spiro atoms. The molecule has 0 radical (unpaired) electrons. The molecule has 0 saturated carbocycles. The number of methoxy groups -OCH3 is 2. The van der Waals surface area contributed by atoms with E-state index in [1.807, 2.05) is 31.2 Å². The smallest absolute Gasteiger partial charge is 0.343 e. The van der Waals surface area contributed by atoms with Crippen LogP contribution in [0, 0.1) is 6.92 Å². The van der Waals surface area contributed by atoms with Crippen LogP contribution in [0.15, 0.2) is 71.6 Å². The Morgan fingerprint density at radius 1 is 0.943 bits per heavy atom. The molecule has 1 fully saturated rings. The van der Waals surface area contributed by atoms with Crippen molar-refractivity contribution in [2.75, 3.05) is 14.2 Å². The van der Waals surface area contributed by atoms with E-state index in [0.29, 0.717) is 27.5 Å². The number of hydrogen-bond acceptors (Lipinski definition) is 7. The molecule has 1 aliphatic rings. The predicted molar refractivity (Wildman–Crippen MR) is 134 cm³/mol. The SMILES string of the molecule is COc1ccc(C(=O)Oc2ccc(/C=C3\SC(=O)N(Cc4ccccc4C)C3=O)cc2OC)cc1. The molecule has 8 heteroatoms. The van der Waals surface area contributed by atoms with Crippen molar-refractivity contribution in [1.29, 1.82) is 0 Å². The summed E-state index contributed by atoms with van der Waals surface area (Å²) in [6.45, 7) is 2.16. The molecule has 0 aliphatic carbocycles. The fourth-order valence-electron chi connectivity index (χ4n) is 3.49. The first kappa shape index (κ1) is 24.1. The van der Waals surface area contributed by atoms with Gasteiger partial charge < -0.3 is 14.2 Å². The molecule has 0 bridgehead atoms. The quantitative estimate of drug-likeness (QED) is 0.247. The monoisotopic (exact) mass is 489 g/mol. The van der Waals surface area contributed by atoms with Crippen molar-refractivity contribution in [3.63, 3.8) is 0 Å². The largest absolute Gasteiger partial charge is 0.497 e. The van der Waals surface area contributed by atoms with Crippen LogP contribution in [-0.4, -0.2) is 36.2 Å². The van der Waals surface area contributed by atoms with Crippen LogP contribution in [0.5, 0.6) is 17.2 Å². The van der Waals surface area contributed by atoms with Crippen molar-refractivity contribution in [3.05, 3.63) is 93.9 Å². The highest BCUT2D eigenvalue weighted by atomic mass is 32.2. The molecule has 1 aliphatic heterocycles. The van der Waals surface area contributed by atoms with Crippen LogP contribution in [0.25, 0.3) is 6.08 Å². The molecular formula is C27H23NO6S. The number of esters is 1. The first-order valence-corrected chi connectivity index (χ1v) is 11.6. The number of aryl methyl sites for hydroxylation is 1. The number of thioether (sulfide) groups is 1. The van der Waals surface area contributed by atoms with Crippen LogP contribution < -0.4 is 14.2 Å². The molecule has 178 valence electrons. The van der Waals surface area contributed by atoms with E-state index in [-0.39, 0.29) is 23.4 Å². The highest BCUT2D eigenvalue weighted by Crippen LogP contribution is 2.35. The van der Waals surface area contributed by atoms with Crippen molar-refractivity contribution in [2.24, 2.45) is 0 Å². The second kappa shape index (κ2) is 10.5. The zero-order valence-electron chi connectivity index (χ0n) is 19.4. The van der Waals surface area contributed by atoms with E-state index < -0.39 is 5.97 Å². The molecule has 1 heterocycles. The van der Waals surface area contributed by atoms with Crippen molar-refractivity contribution in [1.82, 2.24) is 4.90 Å². The zero-order chi connectivity index (χ0) is 24.9. The van der Waals surface area contributed by atoms with E-state index in [4.69, 9.17) is 14.2 Å². The van der Waals surface area contributed by atoms with Gasteiger partial charge in [-0.2, -0.15) is 0 Å². The Labute approximate surface area is 207 Å². The Kier molecular flexibility index (Phi) is 7.22. The number of carbonyl (C=O) groups is 3. The second-order valence-electron chi connectivity index (χ2n) is 7.72. The molecule has 0 aromatic heterocycles. The zero-order valence-corrected chi connectivity index (χ0v) is 20.3. The van der Waals surface area contributed by atoms with Crippen LogP contribution >= 0.6 is 11.8 Å². The fraction of sp³-hybridized carbons (Fsp3) is 0.148. The summed E-state index contributed by atoms with van der Waals surface area (Å²) >= 11 is 0.892. The van der Waals surface area contributed by atoms with Crippen molar-refractivity contribution in [2.45, 2.75) is 13.5 Å². The van der Waals surface area contributed by atoms with E-state index in [0.717, 1.165) is 22.9 Å². The Hall–Kier alpha value is -4.04. The van der Waals surface area contributed by atoms with Gasteiger partial charge in [0.05, 0.1) is 31.2 Å². The molecule has 0 atom stereocenters. The van der Waals surface area contributed by atoms with Crippen molar-refractivity contribution >= 4 is 35.0 Å². The van der Waals surface area contributed by atoms with Gasteiger partial charge in [0.25, 0.3) is 11.1 Å². The first-order valence-electron chi connectivity index (χ1n) is 10.7. The third kappa shape index (κ3) is 5.38. The topological polar surface area (TPSA) is 82.1 Å². The third-order valence-corrected chi connectivity index (χ3v) is 6.38. The summed E-state index contributed by atoms with van der Waals surface area (Å²) in [5.41, 5.74) is 2.92. The number of ether oxygens (including phenoxy) is 3. The number of rotatable bonds is 7. The van der Waals surface area contributed by atoms with Gasteiger partial charge in [-0.1, -0.05) is 30.3 Å². The van der Waals surface area contributed by atoms with Gasteiger partial charge in [-0.25, -0.2) is 4.79 Å². The Morgan fingerprint density at radius 3 is 2.37 bits per heavy atom. The summed E-state index contributed by atoms with van der Waals surface area (Å²) < 4.78 is 16.0. The Morgan fingerprint density at radius 2 is 1.69 bits per heavy atom. The Bertz CT molecular complexity index is 1320. The lowest BCUT2D eigenvalue weighted by molar-refractivity contribution is -0.123. The second-order valence-corrected chi connectivity index (χ2v) is 8.72. The first-order chi connectivity index (χ1) is 16.9. The minimum Gasteiger partial charge on any atom is -0.497 e. The minimum absolute atomic E-state index is 0.220. The van der Waals surface area contributed by atoms with Gasteiger partial charge >= 0.3 is 5.97 Å². The van der Waals surface area contributed by atoms with E-state index in [1.165, 1.54) is 12.0 Å². The minimum atomic E-state index is -0.545. The number of amides is 2. The van der Waals surface area contributed by atoms with Crippen LogP contribution in [0.4, 0.5) is 4.79 Å². The van der Waals surface area contributed by atoms with E-state index in [1.54, 1.807) is 55.7 Å². The van der Waals surface area contributed by atoms with Crippen LogP contribution in [-0.2, 0) is 11.3 Å². The highest BCUT2D eigenvalue weighted by molar-refractivity contribution is 8.18. The molecule has 0 unspecified atom stereocenters. The van der Waals surface area contributed by atoms with E-state index in [9.17, 15) is 14.4 Å². The lowest BCUT2D eigenvalue weighted by Gasteiger charge is -2.14. The molecule has 35 heavy (non-hydrogen) atoms. The molecule has 7 nitrogen and oxygen atoms in total. The molecule has 1 saturated heterocycles. The average molecular weight is 490 g/mol.